The standard InChI is InChI=1S/C18H26O/c1-13-6-5-11-18(10-4-3-7-16(13)18)17-12-15(19)9-8-14(17)2/h8-9,12-13,16,19H,3-7,10-11H2,1-2H3/t13-,16-,18+/m0/s1. The van der Waals surface area contributed by atoms with E-state index in [-0.39, 0.29) is 0 Å². The topological polar surface area (TPSA) is 20.2 Å². The molecule has 0 radical (unpaired) electrons. The summed E-state index contributed by atoms with van der Waals surface area (Å²) in [4.78, 5) is 0. The van der Waals surface area contributed by atoms with Crippen LogP contribution in [0.5, 0.6) is 5.75 Å². The molecule has 1 N–H and O–H groups in total. The molecule has 0 aliphatic heterocycles. The molecular formula is C18H26O. The van der Waals surface area contributed by atoms with Gasteiger partial charge in [-0.2, -0.15) is 0 Å². The fourth-order valence-corrected chi connectivity index (χ4v) is 4.96. The molecule has 2 saturated carbocycles. The molecule has 0 heterocycles. The molecule has 2 aliphatic rings. The first-order chi connectivity index (χ1) is 9.13. The van der Waals surface area contributed by atoms with Crippen LogP contribution < -0.4 is 0 Å². The van der Waals surface area contributed by atoms with Gasteiger partial charge in [0.15, 0.2) is 0 Å². The average molecular weight is 258 g/mol. The molecule has 1 aromatic carbocycles. The lowest BCUT2D eigenvalue weighted by Gasteiger charge is -2.51. The minimum atomic E-state index is 0.360. The van der Waals surface area contributed by atoms with E-state index in [1.54, 1.807) is 0 Å². The maximum Gasteiger partial charge on any atom is 0.115 e. The van der Waals surface area contributed by atoms with Crippen molar-refractivity contribution in [3.63, 3.8) is 0 Å². The molecule has 104 valence electrons. The minimum absolute atomic E-state index is 0.360. The zero-order valence-corrected chi connectivity index (χ0v) is 12.3. The molecule has 3 atom stereocenters. The summed E-state index contributed by atoms with van der Waals surface area (Å²) in [6.45, 7) is 4.66. The Bertz CT molecular complexity index is 461. The zero-order chi connectivity index (χ0) is 13.5. The van der Waals surface area contributed by atoms with Crippen molar-refractivity contribution in [2.24, 2.45) is 11.8 Å². The summed E-state index contributed by atoms with van der Waals surface area (Å²) in [5.74, 6) is 2.11. The Kier molecular flexibility index (Phi) is 3.32. The molecule has 2 fully saturated rings. The van der Waals surface area contributed by atoms with Gasteiger partial charge in [0, 0.05) is 0 Å². The third kappa shape index (κ3) is 2.07. The van der Waals surface area contributed by atoms with E-state index < -0.39 is 0 Å². The Balaban J connectivity index is 2.09. The first-order valence-corrected chi connectivity index (χ1v) is 7.93. The summed E-state index contributed by atoms with van der Waals surface area (Å²) < 4.78 is 0. The van der Waals surface area contributed by atoms with Crippen molar-refractivity contribution in [1.82, 2.24) is 0 Å². The molecule has 0 aromatic heterocycles. The van der Waals surface area contributed by atoms with Gasteiger partial charge in [-0.25, -0.2) is 0 Å². The number of hydrogen-bond acceptors (Lipinski definition) is 1. The van der Waals surface area contributed by atoms with E-state index in [4.69, 9.17) is 0 Å². The molecule has 19 heavy (non-hydrogen) atoms. The van der Waals surface area contributed by atoms with E-state index in [0.29, 0.717) is 11.2 Å². The summed E-state index contributed by atoms with van der Waals surface area (Å²) in [5.41, 5.74) is 3.18. The number of hydrogen-bond donors (Lipinski definition) is 1. The molecule has 0 spiro atoms. The largest absolute Gasteiger partial charge is 0.508 e. The van der Waals surface area contributed by atoms with Gasteiger partial charge in [0.25, 0.3) is 0 Å². The summed E-state index contributed by atoms with van der Waals surface area (Å²) in [6, 6.07) is 6.00. The third-order valence-electron chi connectivity index (χ3n) is 5.82. The van der Waals surface area contributed by atoms with Crippen LogP contribution in [0.3, 0.4) is 0 Å². The number of benzene rings is 1. The smallest absolute Gasteiger partial charge is 0.115 e. The zero-order valence-electron chi connectivity index (χ0n) is 12.3. The van der Waals surface area contributed by atoms with E-state index >= 15 is 0 Å². The van der Waals surface area contributed by atoms with Crippen LogP contribution in [-0.2, 0) is 5.41 Å². The fourth-order valence-electron chi connectivity index (χ4n) is 4.96. The minimum Gasteiger partial charge on any atom is -0.508 e. The van der Waals surface area contributed by atoms with Crippen molar-refractivity contribution in [3.05, 3.63) is 29.3 Å². The molecule has 0 amide bonds. The first kappa shape index (κ1) is 13.0. The molecule has 2 aliphatic carbocycles. The fraction of sp³-hybridized carbons (Fsp3) is 0.667. The summed E-state index contributed by atoms with van der Waals surface area (Å²) in [7, 11) is 0. The van der Waals surface area contributed by atoms with Gasteiger partial charge < -0.3 is 5.11 Å². The monoisotopic (exact) mass is 258 g/mol. The molecule has 0 saturated heterocycles. The number of phenolic OH excluding ortho intramolecular Hbond substituents is 1. The van der Waals surface area contributed by atoms with Gasteiger partial charge in [-0.1, -0.05) is 38.7 Å². The molecule has 3 rings (SSSR count). The van der Waals surface area contributed by atoms with Crippen molar-refractivity contribution < 1.29 is 5.11 Å². The quantitative estimate of drug-likeness (QED) is 0.755. The van der Waals surface area contributed by atoms with Crippen LogP contribution >= 0.6 is 0 Å². The van der Waals surface area contributed by atoms with E-state index in [2.05, 4.69) is 26.0 Å². The predicted molar refractivity (Wildman–Crippen MR) is 79.5 cm³/mol. The highest BCUT2D eigenvalue weighted by Crippen LogP contribution is 2.55. The third-order valence-corrected chi connectivity index (χ3v) is 5.82. The molecule has 1 aromatic rings. The van der Waals surface area contributed by atoms with Gasteiger partial charge in [-0.05, 0) is 66.7 Å². The highest BCUT2D eigenvalue weighted by Gasteiger charge is 2.46. The second-order valence-corrected chi connectivity index (χ2v) is 6.88. The lowest BCUT2D eigenvalue weighted by atomic mass is 9.53. The SMILES string of the molecule is Cc1ccc(O)cc1[C@@]12CCCC[C@H]1[C@@H](C)CCC2. The van der Waals surface area contributed by atoms with Gasteiger partial charge in [-0.3, -0.25) is 0 Å². The number of aromatic hydroxyl groups is 1. The lowest BCUT2D eigenvalue weighted by Crippen LogP contribution is -2.44. The highest BCUT2D eigenvalue weighted by molar-refractivity contribution is 5.41. The van der Waals surface area contributed by atoms with Crippen molar-refractivity contribution in [2.75, 3.05) is 0 Å². The van der Waals surface area contributed by atoms with Gasteiger partial charge >= 0.3 is 0 Å². The number of phenols is 1. The van der Waals surface area contributed by atoms with E-state index in [1.165, 1.54) is 56.1 Å². The van der Waals surface area contributed by atoms with Gasteiger partial charge in [0.2, 0.25) is 0 Å². The molecule has 0 unspecified atom stereocenters. The normalized spacial score (nSPS) is 34.8. The molecule has 1 nitrogen and oxygen atoms in total. The second kappa shape index (κ2) is 4.85. The van der Waals surface area contributed by atoms with Crippen molar-refractivity contribution in [1.29, 1.82) is 0 Å². The Morgan fingerprint density at radius 3 is 2.74 bits per heavy atom. The summed E-state index contributed by atoms with van der Waals surface area (Å²) in [6.07, 6.45) is 9.54. The average Bonchev–Trinajstić information content (AvgIpc) is 2.42. The van der Waals surface area contributed by atoms with Crippen LogP contribution in [0.15, 0.2) is 18.2 Å². The van der Waals surface area contributed by atoms with E-state index in [9.17, 15) is 5.11 Å². The maximum absolute atomic E-state index is 9.92. The van der Waals surface area contributed by atoms with E-state index in [1.807, 2.05) is 6.07 Å². The Morgan fingerprint density at radius 2 is 1.89 bits per heavy atom. The van der Waals surface area contributed by atoms with Gasteiger partial charge in [-0.15, -0.1) is 0 Å². The Morgan fingerprint density at radius 1 is 1.11 bits per heavy atom. The van der Waals surface area contributed by atoms with Crippen LogP contribution in [0, 0.1) is 18.8 Å². The number of fused-ring (bicyclic) bond motifs is 1. The van der Waals surface area contributed by atoms with Crippen LogP contribution in [0.4, 0.5) is 0 Å². The number of rotatable bonds is 1. The Hall–Kier alpha value is -0.980. The Labute approximate surface area is 117 Å². The van der Waals surface area contributed by atoms with Crippen LogP contribution in [0.2, 0.25) is 0 Å². The second-order valence-electron chi connectivity index (χ2n) is 6.88. The van der Waals surface area contributed by atoms with Crippen molar-refractivity contribution >= 4 is 0 Å². The lowest BCUT2D eigenvalue weighted by molar-refractivity contribution is 0.0745. The van der Waals surface area contributed by atoms with Gasteiger partial charge in [0.05, 0.1) is 0 Å². The van der Waals surface area contributed by atoms with Crippen LogP contribution in [0.25, 0.3) is 0 Å². The molecular weight excluding hydrogens is 232 g/mol. The van der Waals surface area contributed by atoms with Crippen LogP contribution in [0.1, 0.15) is 63.0 Å². The van der Waals surface area contributed by atoms with Crippen molar-refractivity contribution in [3.8, 4) is 5.75 Å². The van der Waals surface area contributed by atoms with Crippen LogP contribution in [-0.4, -0.2) is 5.11 Å². The summed E-state index contributed by atoms with van der Waals surface area (Å²) >= 11 is 0. The number of aryl methyl sites for hydroxylation is 1. The summed E-state index contributed by atoms with van der Waals surface area (Å²) in [5, 5.41) is 9.92. The molecule has 1 heteroatoms. The highest BCUT2D eigenvalue weighted by atomic mass is 16.3. The van der Waals surface area contributed by atoms with E-state index in [0.717, 1.165) is 11.8 Å². The van der Waals surface area contributed by atoms with Crippen molar-refractivity contribution in [2.45, 2.75) is 64.2 Å². The predicted octanol–water partition coefficient (Wildman–Crippen LogP) is 4.95. The maximum atomic E-state index is 9.92. The molecule has 0 bridgehead atoms. The van der Waals surface area contributed by atoms with Gasteiger partial charge in [0.1, 0.15) is 5.75 Å². The first-order valence-electron chi connectivity index (χ1n) is 7.93.